The largest absolute Gasteiger partial charge is 0.481 e. The lowest BCUT2D eigenvalue weighted by molar-refractivity contribution is 0.122. The Morgan fingerprint density at radius 1 is 0.867 bits per heavy atom. The summed E-state index contributed by atoms with van der Waals surface area (Å²) in [7, 11) is -9.50. The van der Waals surface area contributed by atoms with Crippen molar-refractivity contribution in [1.82, 2.24) is 0 Å². The molecule has 0 aromatic rings. The van der Waals surface area contributed by atoms with Gasteiger partial charge in [0.25, 0.3) is 0 Å². The van der Waals surface area contributed by atoms with E-state index in [1.807, 2.05) is 0 Å². The second kappa shape index (κ2) is 6.70. The average Bonchev–Trinajstić information content (AvgIpc) is 2.10. The van der Waals surface area contributed by atoms with Crippen LogP contribution >= 0.6 is 15.6 Å². The molecule has 0 aliphatic carbocycles. The van der Waals surface area contributed by atoms with Crippen molar-refractivity contribution >= 4 is 15.6 Å². The van der Waals surface area contributed by atoms with E-state index in [0.29, 0.717) is 0 Å². The van der Waals surface area contributed by atoms with Crippen LogP contribution in [0, 0.1) is 0 Å². The zero-order valence-electron chi connectivity index (χ0n) is 7.55. The maximum absolute atomic E-state index is 10.9. The molecule has 15 heavy (non-hydrogen) atoms. The Morgan fingerprint density at radius 2 is 1.20 bits per heavy atom. The summed E-state index contributed by atoms with van der Waals surface area (Å²) in [4.78, 5) is 17.6. The summed E-state index contributed by atoms with van der Waals surface area (Å²) in [6.07, 6.45) is 0. The van der Waals surface area contributed by atoms with Gasteiger partial charge in [-0.15, -0.1) is 0 Å². The summed E-state index contributed by atoms with van der Waals surface area (Å²) in [5, 5.41) is 16.5. The van der Waals surface area contributed by atoms with Crippen LogP contribution in [-0.2, 0) is 22.5 Å². The Labute approximate surface area is 85.5 Å². The van der Waals surface area contributed by atoms with Crippen molar-refractivity contribution in [3.8, 4) is 0 Å². The average molecular weight is 266 g/mol. The predicted octanol–water partition coefficient (Wildman–Crippen LogP) is -0.778. The zero-order valence-corrected chi connectivity index (χ0v) is 9.34. The molecule has 0 aliphatic heterocycles. The maximum Gasteiger partial charge on any atom is 0.481 e. The van der Waals surface area contributed by atoms with E-state index in [9.17, 15) is 9.13 Å². The summed E-state index contributed by atoms with van der Waals surface area (Å²) < 4.78 is 33.7. The van der Waals surface area contributed by atoms with E-state index in [1.54, 1.807) is 0 Å². The van der Waals surface area contributed by atoms with Crippen LogP contribution in [0.25, 0.3) is 0 Å². The van der Waals surface area contributed by atoms with Gasteiger partial charge < -0.3 is 20.0 Å². The molecule has 0 spiro atoms. The molecule has 0 saturated carbocycles. The van der Waals surface area contributed by atoms with E-state index < -0.39 is 42.1 Å². The van der Waals surface area contributed by atoms with Gasteiger partial charge in [-0.2, -0.15) is 4.31 Å². The third kappa shape index (κ3) is 8.04. The van der Waals surface area contributed by atoms with Gasteiger partial charge in [-0.05, 0) is 0 Å². The molecule has 11 heteroatoms. The lowest BCUT2D eigenvalue weighted by Crippen LogP contribution is -2.02. The molecule has 0 bridgehead atoms. The molecule has 0 aliphatic rings. The monoisotopic (exact) mass is 266 g/mol. The summed E-state index contributed by atoms with van der Waals surface area (Å²) in [6, 6.07) is 0. The molecule has 0 aromatic heterocycles. The van der Waals surface area contributed by atoms with Crippen molar-refractivity contribution in [2.75, 3.05) is 26.4 Å². The zero-order chi connectivity index (χ0) is 11.9. The van der Waals surface area contributed by atoms with Gasteiger partial charge in [-0.25, -0.2) is 9.13 Å². The molecule has 0 fully saturated rings. The Morgan fingerprint density at radius 3 is 1.47 bits per heavy atom. The number of hydrogen-bond acceptors (Lipinski definition) is 7. The molecule has 9 nitrogen and oxygen atoms in total. The molecular formula is C4H12O9P2. The first-order chi connectivity index (χ1) is 6.83. The SMILES string of the molecule is O=P(O)(OCCO)OP(=O)(O)OCCO. The van der Waals surface area contributed by atoms with Crippen molar-refractivity contribution in [3.63, 3.8) is 0 Å². The van der Waals surface area contributed by atoms with Gasteiger partial charge in [0.05, 0.1) is 26.4 Å². The van der Waals surface area contributed by atoms with Crippen LogP contribution in [0.4, 0.5) is 0 Å². The quantitative estimate of drug-likeness (QED) is 0.416. The molecule has 0 rings (SSSR count). The molecule has 2 atom stereocenters. The third-order valence-corrected chi connectivity index (χ3v) is 3.57. The lowest BCUT2D eigenvalue weighted by atomic mass is 10.8. The van der Waals surface area contributed by atoms with Gasteiger partial charge in [0.2, 0.25) is 0 Å². The van der Waals surface area contributed by atoms with E-state index in [2.05, 4.69) is 13.4 Å². The van der Waals surface area contributed by atoms with Crippen LogP contribution in [-0.4, -0.2) is 46.4 Å². The summed E-state index contributed by atoms with van der Waals surface area (Å²) in [5.41, 5.74) is 0. The van der Waals surface area contributed by atoms with Crippen LogP contribution < -0.4 is 0 Å². The summed E-state index contributed by atoms with van der Waals surface area (Å²) in [6.45, 7) is -2.18. The van der Waals surface area contributed by atoms with Crippen molar-refractivity contribution in [3.05, 3.63) is 0 Å². The molecule has 0 aromatic carbocycles. The Kier molecular flexibility index (Phi) is 6.78. The van der Waals surface area contributed by atoms with E-state index in [-0.39, 0.29) is 0 Å². The van der Waals surface area contributed by atoms with Crippen molar-refractivity contribution in [2.45, 2.75) is 0 Å². The molecule has 92 valence electrons. The highest BCUT2D eigenvalue weighted by molar-refractivity contribution is 7.61. The fraction of sp³-hybridized carbons (Fsp3) is 1.00. The van der Waals surface area contributed by atoms with Crippen LogP contribution in [0.3, 0.4) is 0 Å². The molecule has 0 saturated heterocycles. The van der Waals surface area contributed by atoms with Gasteiger partial charge in [0.15, 0.2) is 0 Å². The van der Waals surface area contributed by atoms with E-state index in [4.69, 9.17) is 20.0 Å². The number of rotatable bonds is 8. The second-order valence-corrected chi connectivity index (χ2v) is 5.18. The molecule has 2 unspecified atom stereocenters. The van der Waals surface area contributed by atoms with Gasteiger partial charge in [-0.1, -0.05) is 0 Å². The first-order valence-corrected chi connectivity index (χ1v) is 6.70. The smallest absolute Gasteiger partial charge is 0.394 e. The topological polar surface area (TPSA) is 143 Å². The van der Waals surface area contributed by atoms with Gasteiger partial charge in [0.1, 0.15) is 0 Å². The number of aliphatic hydroxyl groups excluding tert-OH is 2. The van der Waals surface area contributed by atoms with Crippen LogP contribution in [0.5, 0.6) is 0 Å². The molecule has 0 amide bonds. The van der Waals surface area contributed by atoms with E-state index in [0.717, 1.165) is 0 Å². The summed E-state index contributed by atoms with van der Waals surface area (Å²) >= 11 is 0. The summed E-state index contributed by atoms with van der Waals surface area (Å²) in [5.74, 6) is 0. The van der Waals surface area contributed by atoms with Crippen molar-refractivity contribution in [2.24, 2.45) is 0 Å². The van der Waals surface area contributed by atoms with Crippen LogP contribution in [0.1, 0.15) is 0 Å². The minimum Gasteiger partial charge on any atom is -0.394 e. The highest BCUT2D eigenvalue weighted by atomic mass is 31.3. The van der Waals surface area contributed by atoms with E-state index in [1.165, 1.54) is 0 Å². The Hall–Kier alpha value is 0.180. The predicted molar refractivity (Wildman–Crippen MR) is 46.8 cm³/mol. The van der Waals surface area contributed by atoms with Crippen molar-refractivity contribution in [1.29, 1.82) is 0 Å². The maximum atomic E-state index is 10.9. The highest BCUT2D eigenvalue weighted by Gasteiger charge is 2.34. The fourth-order valence-corrected chi connectivity index (χ4v) is 2.53. The normalized spacial score (nSPS) is 19.5. The second-order valence-electron chi connectivity index (χ2n) is 2.13. The highest BCUT2D eigenvalue weighted by Crippen LogP contribution is 2.60. The fourth-order valence-electron chi connectivity index (χ4n) is 0.490. The lowest BCUT2D eigenvalue weighted by Gasteiger charge is -2.14. The first-order valence-electron chi connectivity index (χ1n) is 3.71. The Bertz CT molecular complexity index is 239. The molecular weight excluding hydrogens is 254 g/mol. The van der Waals surface area contributed by atoms with E-state index >= 15 is 0 Å². The minimum atomic E-state index is -4.75. The number of phosphoric ester groups is 2. The van der Waals surface area contributed by atoms with Crippen LogP contribution in [0.15, 0.2) is 0 Å². The first kappa shape index (κ1) is 15.2. The molecule has 0 radical (unpaired) electrons. The van der Waals surface area contributed by atoms with Crippen LogP contribution in [0.2, 0.25) is 0 Å². The van der Waals surface area contributed by atoms with Gasteiger partial charge >= 0.3 is 15.6 Å². The molecule has 4 N–H and O–H groups in total. The third-order valence-electron chi connectivity index (χ3n) is 0.898. The standard InChI is InChI=1S/C4H12O9P2/c5-1-3-11-14(7,8)13-15(9,10)12-4-2-6/h5-6H,1-4H2,(H,7,8)(H,9,10). The van der Waals surface area contributed by atoms with Crippen molar-refractivity contribution < 1.29 is 42.5 Å². The number of hydrogen-bond donors (Lipinski definition) is 4. The minimum absolute atomic E-state index is 0.534. The number of aliphatic hydroxyl groups is 2. The number of phosphoric acid groups is 2. The van der Waals surface area contributed by atoms with Gasteiger partial charge in [0, 0.05) is 0 Å². The Balaban J connectivity index is 4.17. The molecule has 0 heterocycles. The van der Waals surface area contributed by atoms with Gasteiger partial charge in [-0.3, -0.25) is 9.05 Å².